The molecule has 160 valence electrons. The molecule has 0 radical (unpaired) electrons. The maximum absolute atomic E-state index is 13.3. The van der Waals surface area contributed by atoms with E-state index in [0.717, 1.165) is 32.9 Å². The van der Waals surface area contributed by atoms with Crippen LogP contribution in [-0.2, 0) is 4.79 Å². The zero-order valence-corrected chi connectivity index (χ0v) is 20.0. The average Bonchev–Trinajstić information content (AvgIpc) is 3.52. The number of carbonyl (C=O) groups is 1. The zero-order valence-electron chi connectivity index (χ0n) is 16.7. The van der Waals surface area contributed by atoms with Gasteiger partial charge in [0.25, 0.3) is 0 Å². The van der Waals surface area contributed by atoms with Crippen molar-refractivity contribution in [2.24, 2.45) is 0 Å². The molecule has 1 saturated heterocycles. The van der Waals surface area contributed by atoms with Crippen molar-refractivity contribution >= 4 is 62.6 Å². The van der Waals surface area contributed by atoms with Crippen LogP contribution in [0, 0.1) is 4.77 Å². The Bertz CT molecular complexity index is 1280. The second-order valence-electron chi connectivity index (χ2n) is 7.64. The Morgan fingerprint density at radius 3 is 2.87 bits per heavy atom. The summed E-state index contributed by atoms with van der Waals surface area (Å²) in [5.74, 6) is 1.15. The molecule has 10 heteroatoms. The number of aromatic amines is 1. The van der Waals surface area contributed by atoms with Gasteiger partial charge in [-0.25, -0.2) is 4.98 Å². The minimum Gasteiger partial charge on any atom is -0.341 e. The molecule has 5 rings (SSSR count). The summed E-state index contributed by atoms with van der Waals surface area (Å²) < 4.78 is 3.45. The normalized spacial score (nSPS) is 16.1. The number of amides is 1. The molecule has 1 aliphatic heterocycles. The Labute approximate surface area is 197 Å². The number of likely N-dealkylation sites (tertiary alicyclic amines) is 1. The van der Waals surface area contributed by atoms with Crippen LogP contribution in [0.1, 0.15) is 36.7 Å². The summed E-state index contributed by atoms with van der Waals surface area (Å²) in [6.45, 7) is 3.32. The molecule has 1 amide bonds. The second kappa shape index (κ2) is 8.46. The highest BCUT2D eigenvalue weighted by Gasteiger charge is 2.30. The highest BCUT2D eigenvalue weighted by atomic mass is 35.5. The molecular formula is C21H20ClN5OS3. The van der Waals surface area contributed by atoms with Gasteiger partial charge in [-0.05, 0) is 61.6 Å². The standard InChI is InChI=1S/C21H20ClN5OS3/c1-12(27-18(24-25-21(27)29)17-3-2-10-30-17)20(28)26-8-6-13(7-9-26)19-23-15-11-14(22)4-5-16(15)31-19/h2-5,10-13H,6-9H2,1H3,(H,25,29). The molecular weight excluding hydrogens is 470 g/mol. The smallest absolute Gasteiger partial charge is 0.245 e. The van der Waals surface area contributed by atoms with Crippen molar-refractivity contribution in [3.8, 4) is 10.7 Å². The van der Waals surface area contributed by atoms with Gasteiger partial charge in [0, 0.05) is 24.0 Å². The fraction of sp³-hybridized carbons (Fsp3) is 0.333. The molecule has 0 aliphatic carbocycles. The van der Waals surface area contributed by atoms with Gasteiger partial charge in [0.2, 0.25) is 5.91 Å². The maximum Gasteiger partial charge on any atom is 0.245 e. The molecule has 3 aromatic heterocycles. The molecule has 4 aromatic rings. The minimum atomic E-state index is -0.413. The topological polar surface area (TPSA) is 66.8 Å². The number of nitrogens with zero attached hydrogens (tertiary/aromatic N) is 4. The number of piperidine rings is 1. The molecule has 1 aliphatic rings. The number of hydrogen-bond donors (Lipinski definition) is 1. The summed E-state index contributed by atoms with van der Waals surface area (Å²) in [6, 6.07) is 9.38. The van der Waals surface area contributed by atoms with Crippen LogP contribution in [0.4, 0.5) is 0 Å². The lowest BCUT2D eigenvalue weighted by molar-refractivity contribution is -0.135. The van der Waals surface area contributed by atoms with Gasteiger partial charge in [-0.15, -0.1) is 22.7 Å². The van der Waals surface area contributed by atoms with Gasteiger partial charge in [0.1, 0.15) is 6.04 Å². The van der Waals surface area contributed by atoms with Gasteiger partial charge in [-0.3, -0.25) is 14.5 Å². The fourth-order valence-corrected chi connectivity index (χ4v) is 6.34. The predicted molar refractivity (Wildman–Crippen MR) is 129 cm³/mol. The van der Waals surface area contributed by atoms with Gasteiger partial charge in [0.05, 0.1) is 20.1 Å². The largest absolute Gasteiger partial charge is 0.341 e. The van der Waals surface area contributed by atoms with Gasteiger partial charge in [-0.2, -0.15) is 5.10 Å². The van der Waals surface area contributed by atoms with Gasteiger partial charge >= 0.3 is 0 Å². The van der Waals surface area contributed by atoms with E-state index in [9.17, 15) is 4.79 Å². The van der Waals surface area contributed by atoms with E-state index in [2.05, 4.69) is 10.2 Å². The molecule has 1 fully saturated rings. The first-order valence-electron chi connectivity index (χ1n) is 10.1. The number of fused-ring (bicyclic) bond motifs is 1. The number of carbonyl (C=O) groups excluding carboxylic acids is 1. The summed E-state index contributed by atoms with van der Waals surface area (Å²) in [5, 5.41) is 11.0. The minimum absolute atomic E-state index is 0.0739. The van der Waals surface area contributed by atoms with Gasteiger partial charge < -0.3 is 4.90 Å². The molecule has 0 bridgehead atoms. The van der Waals surface area contributed by atoms with Crippen molar-refractivity contribution < 1.29 is 4.79 Å². The molecule has 1 atom stereocenters. The van der Waals surface area contributed by atoms with E-state index >= 15 is 0 Å². The molecule has 1 aromatic carbocycles. The Balaban J connectivity index is 1.30. The van der Waals surface area contributed by atoms with Crippen molar-refractivity contribution in [1.82, 2.24) is 24.6 Å². The van der Waals surface area contributed by atoms with Crippen molar-refractivity contribution in [2.75, 3.05) is 13.1 Å². The van der Waals surface area contributed by atoms with Gasteiger partial charge in [0.15, 0.2) is 10.6 Å². The first kappa shape index (κ1) is 20.8. The Hall–Kier alpha value is -2.07. The van der Waals surface area contributed by atoms with Crippen LogP contribution < -0.4 is 0 Å². The fourth-order valence-electron chi connectivity index (χ4n) is 4.06. The van der Waals surface area contributed by atoms with E-state index in [1.807, 2.05) is 52.1 Å². The Morgan fingerprint density at radius 2 is 2.13 bits per heavy atom. The number of thiophene rings is 1. The lowest BCUT2D eigenvalue weighted by Crippen LogP contribution is -2.41. The number of hydrogen-bond acceptors (Lipinski definition) is 6. The third kappa shape index (κ3) is 3.95. The number of aromatic nitrogens is 4. The summed E-state index contributed by atoms with van der Waals surface area (Å²) in [6.07, 6.45) is 1.81. The van der Waals surface area contributed by atoms with Crippen LogP contribution in [0.25, 0.3) is 20.9 Å². The SMILES string of the molecule is CC(C(=O)N1CCC(c2nc3cc(Cl)ccc3s2)CC1)n1c(-c2cccs2)n[nH]c1=S. The molecule has 1 unspecified atom stereocenters. The van der Waals surface area contributed by atoms with Crippen LogP contribution in [0.5, 0.6) is 0 Å². The summed E-state index contributed by atoms with van der Waals surface area (Å²) >= 11 is 14.8. The van der Waals surface area contributed by atoms with Crippen molar-refractivity contribution in [2.45, 2.75) is 31.7 Å². The lowest BCUT2D eigenvalue weighted by Gasteiger charge is -2.33. The number of benzene rings is 1. The van der Waals surface area contributed by atoms with E-state index in [4.69, 9.17) is 28.8 Å². The number of halogens is 1. The Morgan fingerprint density at radius 1 is 1.32 bits per heavy atom. The van der Waals surface area contributed by atoms with E-state index in [-0.39, 0.29) is 5.91 Å². The third-order valence-electron chi connectivity index (χ3n) is 5.71. The van der Waals surface area contributed by atoms with Crippen LogP contribution in [0.15, 0.2) is 35.7 Å². The molecule has 0 spiro atoms. The number of nitrogens with one attached hydrogen (secondary N) is 1. The summed E-state index contributed by atoms with van der Waals surface area (Å²) in [4.78, 5) is 21.0. The zero-order chi connectivity index (χ0) is 21.5. The molecule has 0 saturated carbocycles. The van der Waals surface area contributed by atoms with E-state index in [1.54, 1.807) is 22.7 Å². The van der Waals surface area contributed by atoms with Crippen LogP contribution in [0.2, 0.25) is 5.02 Å². The lowest BCUT2D eigenvalue weighted by atomic mass is 9.97. The molecule has 1 N–H and O–H groups in total. The van der Waals surface area contributed by atoms with Crippen molar-refractivity contribution in [3.05, 3.63) is 50.5 Å². The Kier molecular flexibility index (Phi) is 5.68. The highest BCUT2D eigenvalue weighted by molar-refractivity contribution is 7.71. The van der Waals surface area contributed by atoms with Crippen LogP contribution >= 0.6 is 46.5 Å². The summed E-state index contributed by atoms with van der Waals surface area (Å²) in [5.41, 5.74) is 0.954. The average molecular weight is 490 g/mol. The number of rotatable bonds is 4. The van der Waals surface area contributed by atoms with Crippen molar-refractivity contribution in [3.63, 3.8) is 0 Å². The highest BCUT2D eigenvalue weighted by Crippen LogP contribution is 2.35. The number of thiazole rings is 1. The molecule has 4 heterocycles. The van der Waals surface area contributed by atoms with Crippen LogP contribution in [0.3, 0.4) is 0 Å². The molecule has 6 nitrogen and oxygen atoms in total. The maximum atomic E-state index is 13.3. The quantitative estimate of drug-likeness (QED) is 0.362. The van der Waals surface area contributed by atoms with E-state index in [1.165, 1.54) is 0 Å². The monoisotopic (exact) mass is 489 g/mol. The first-order chi connectivity index (χ1) is 15.0. The second-order valence-corrected chi connectivity index (χ2v) is 10.5. The van der Waals surface area contributed by atoms with Gasteiger partial charge in [-0.1, -0.05) is 17.7 Å². The van der Waals surface area contributed by atoms with Crippen molar-refractivity contribution in [1.29, 1.82) is 0 Å². The van der Waals surface area contributed by atoms with E-state index < -0.39 is 6.04 Å². The molecule has 31 heavy (non-hydrogen) atoms. The predicted octanol–water partition coefficient (Wildman–Crippen LogP) is 5.90. The van der Waals surface area contributed by atoms with E-state index in [0.29, 0.717) is 34.6 Å². The summed E-state index contributed by atoms with van der Waals surface area (Å²) in [7, 11) is 0. The first-order valence-corrected chi connectivity index (χ1v) is 12.5. The number of H-pyrrole nitrogens is 1. The van der Waals surface area contributed by atoms with Crippen LogP contribution in [-0.4, -0.2) is 43.6 Å². The third-order valence-corrected chi connectivity index (χ3v) is 8.30.